The summed E-state index contributed by atoms with van der Waals surface area (Å²) in [5.74, 6) is -0.793. The Morgan fingerprint density at radius 1 is 1.24 bits per heavy atom. The van der Waals surface area contributed by atoms with E-state index in [9.17, 15) is 18.0 Å². The molecule has 0 aliphatic carbocycles. The number of carbonyl (C=O) groups is 2. The van der Waals surface area contributed by atoms with Crippen LogP contribution < -0.4 is 10.0 Å². The molecule has 0 saturated carbocycles. The van der Waals surface area contributed by atoms with Crippen LogP contribution in [0.1, 0.15) is 17.7 Å². The van der Waals surface area contributed by atoms with E-state index >= 15 is 0 Å². The summed E-state index contributed by atoms with van der Waals surface area (Å²) in [5.41, 5.74) is 0.274. The highest BCUT2D eigenvalue weighted by Gasteiger charge is 2.18. The van der Waals surface area contributed by atoms with Crippen molar-refractivity contribution in [2.24, 2.45) is 4.99 Å². The van der Waals surface area contributed by atoms with E-state index in [1.807, 2.05) is 17.5 Å². The van der Waals surface area contributed by atoms with Crippen molar-refractivity contribution < 1.29 is 22.7 Å². The Labute approximate surface area is 172 Å². The van der Waals surface area contributed by atoms with E-state index in [4.69, 9.17) is 4.74 Å². The molecular formula is C19H19N3O5S2. The van der Waals surface area contributed by atoms with Gasteiger partial charge in [-0.3, -0.25) is 14.5 Å². The fraction of sp³-hybridized carbons (Fsp3) is 0.211. The van der Waals surface area contributed by atoms with Gasteiger partial charge in [0, 0.05) is 29.6 Å². The molecule has 2 aromatic rings. The fourth-order valence-corrected chi connectivity index (χ4v) is 4.25. The van der Waals surface area contributed by atoms with Crippen LogP contribution in [-0.2, 0) is 24.3 Å². The number of sulfonamides is 1. The molecule has 152 valence electrons. The average molecular weight is 434 g/mol. The molecule has 1 amide bonds. The molecule has 0 radical (unpaired) electrons. The highest BCUT2D eigenvalue weighted by atomic mass is 32.2. The van der Waals surface area contributed by atoms with Gasteiger partial charge in [0.1, 0.15) is 5.84 Å². The number of hydrogen-bond donors (Lipinski definition) is 2. The van der Waals surface area contributed by atoms with Gasteiger partial charge in [-0.05, 0) is 42.1 Å². The number of ether oxygens (including phenoxy) is 1. The monoisotopic (exact) mass is 433 g/mol. The number of benzene rings is 1. The number of carbonyl (C=O) groups excluding carboxylic acids is 2. The first-order valence-electron chi connectivity index (χ1n) is 8.77. The lowest BCUT2D eigenvalue weighted by atomic mass is 10.3. The molecule has 3 rings (SSSR count). The minimum atomic E-state index is -3.78. The van der Waals surface area contributed by atoms with E-state index in [1.165, 1.54) is 35.6 Å². The van der Waals surface area contributed by atoms with Gasteiger partial charge in [0.15, 0.2) is 6.61 Å². The normalized spacial score (nSPS) is 13.9. The Balaban J connectivity index is 1.54. The fourth-order valence-electron chi connectivity index (χ4n) is 2.50. The van der Waals surface area contributed by atoms with E-state index in [0.29, 0.717) is 18.8 Å². The third-order valence-electron chi connectivity index (χ3n) is 3.83. The number of nitrogens with zero attached hydrogens (tertiary/aromatic N) is 1. The van der Waals surface area contributed by atoms with Gasteiger partial charge in [-0.1, -0.05) is 12.1 Å². The Kier molecular flexibility index (Phi) is 6.78. The van der Waals surface area contributed by atoms with E-state index in [0.717, 1.165) is 11.3 Å². The number of amidine groups is 1. The molecule has 0 spiro atoms. The second kappa shape index (κ2) is 9.48. The first kappa shape index (κ1) is 20.7. The van der Waals surface area contributed by atoms with Crippen LogP contribution in [-0.4, -0.2) is 39.3 Å². The summed E-state index contributed by atoms with van der Waals surface area (Å²) < 4.78 is 32.2. The maximum Gasteiger partial charge on any atom is 0.331 e. The zero-order valence-electron chi connectivity index (χ0n) is 15.3. The number of rotatable bonds is 7. The molecule has 1 aliphatic rings. The highest BCUT2D eigenvalue weighted by molar-refractivity contribution is 7.90. The molecule has 0 unspecified atom stereocenters. The number of nitrogens with one attached hydrogen (secondary N) is 2. The lowest BCUT2D eigenvalue weighted by Gasteiger charge is -2.10. The van der Waals surface area contributed by atoms with Crippen molar-refractivity contribution in [2.75, 3.05) is 18.5 Å². The molecule has 1 aromatic heterocycles. The van der Waals surface area contributed by atoms with Gasteiger partial charge in [-0.15, -0.1) is 11.3 Å². The largest absolute Gasteiger partial charge is 0.452 e. The van der Waals surface area contributed by atoms with Crippen LogP contribution in [0.2, 0.25) is 0 Å². The molecular weight excluding hydrogens is 414 g/mol. The summed E-state index contributed by atoms with van der Waals surface area (Å²) in [4.78, 5) is 28.6. The number of esters is 1. The molecule has 2 heterocycles. The van der Waals surface area contributed by atoms with Gasteiger partial charge in [-0.25, -0.2) is 13.2 Å². The summed E-state index contributed by atoms with van der Waals surface area (Å²) in [6, 6.07) is 9.50. The van der Waals surface area contributed by atoms with Crippen LogP contribution in [0.3, 0.4) is 0 Å². The zero-order valence-corrected chi connectivity index (χ0v) is 17.0. The van der Waals surface area contributed by atoms with Gasteiger partial charge >= 0.3 is 5.97 Å². The van der Waals surface area contributed by atoms with Crippen LogP contribution in [0.15, 0.2) is 57.7 Å². The number of anilines is 1. The van der Waals surface area contributed by atoms with Crippen molar-refractivity contribution in [2.45, 2.75) is 17.7 Å². The molecule has 10 heteroatoms. The van der Waals surface area contributed by atoms with Crippen LogP contribution in [0.25, 0.3) is 6.08 Å². The number of hydrogen-bond acceptors (Lipinski definition) is 7. The molecule has 2 N–H and O–H groups in total. The maximum absolute atomic E-state index is 12.4. The average Bonchev–Trinajstić information content (AvgIpc) is 3.39. The van der Waals surface area contributed by atoms with Crippen molar-refractivity contribution in [3.63, 3.8) is 0 Å². The van der Waals surface area contributed by atoms with Crippen molar-refractivity contribution in [3.8, 4) is 0 Å². The van der Waals surface area contributed by atoms with Crippen molar-refractivity contribution in [3.05, 3.63) is 52.7 Å². The lowest BCUT2D eigenvalue weighted by Crippen LogP contribution is -2.29. The lowest BCUT2D eigenvalue weighted by molar-refractivity contribution is -0.142. The number of aliphatic imine (C=N–C) groups is 1. The third-order valence-corrected chi connectivity index (χ3v) is 6.04. The predicted molar refractivity (Wildman–Crippen MR) is 111 cm³/mol. The van der Waals surface area contributed by atoms with Gasteiger partial charge in [0.25, 0.3) is 15.9 Å². The first-order chi connectivity index (χ1) is 13.9. The van der Waals surface area contributed by atoms with Crippen molar-refractivity contribution >= 4 is 50.8 Å². The third kappa shape index (κ3) is 6.26. The molecule has 1 aromatic carbocycles. The number of thiophene rings is 1. The van der Waals surface area contributed by atoms with Crippen molar-refractivity contribution in [1.29, 1.82) is 0 Å². The quantitative estimate of drug-likeness (QED) is 0.514. The Morgan fingerprint density at radius 2 is 2.10 bits per heavy atom. The van der Waals surface area contributed by atoms with Gasteiger partial charge in [0.05, 0.1) is 4.90 Å². The molecule has 0 saturated heterocycles. The molecule has 0 fully saturated rings. The van der Waals surface area contributed by atoms with E-state index in [2.05, 4.69) is 15.0 Å². The Morgan fingerprint density at radius 3 is 2.83 bits per heavy atom. The summed E-state index contributed by atoms with van der Waals surface area (Å²) >= 11 is 1.47. The minimum absolute atomic E-state index is 0.000718. The molecule has 29 heavy (non-hydrogen) atoms. The Hall–Kier alpha value is -2.98. The predicted octanol–water partition coefficient (Wildman–Crippen LogP) is 2.41. The molecule has 0 atom stereocenters. The van der Waals surface area contributed by atoms with Crippen LogP contribution in [0.4, 0.5) is 5.69 Å². The highest BCUT2D eigenvalue weighted by Crippen LogP contribution is 2.16. The molecule has 1 aliphatic heterocycles. The van der Waals surface area contributed by atoms with E-state index in [-0.39, 0.29) is 10.6 Å². The summed E-state index contributed by atoms with van der Waals surface area (Å²) in [5, 5.41) is 4.39. The second-order valence-electron chi connectivity index (χ2n) is 6.07. The topological polar surface area (TPSA) is 114 Å². The zero-order chi connectivity index (χ0) is 20.7. The first-order valence-corrected chi connectivity index (χ1v) is 11.1. The summed E-state index contributed by atoms with van der Waals surface area (Å²) in [6.07, 6.45) is 4.24. The maximum atomic E-state index is 12.4. The van der Waals surface area contributed by atoms with Crippen LogP contribution >= 0.6 is 11.3 Å². The number of amides is 1. The minimum Gasteiger partial charge on any atom is -0.452 e. The summed E-state index contributed by atoms with van der Waals surface area (Å²) in [7, 11) is -3.78. The standard InChI is InChI=1S/C19H19N3O5S2/c23-18(13-27-19(24)9-8-15-5-3-11-28-15)21-14-4-1-6-16(12-14)29(25,26)22-17-7-2-10-20-17/h1,3-6,8-9,11-12H,2,7,10,13H2,(H,20,22)(H,21,23)/b9-8+. The molecule has 8 nitrogen and oxygen atoms in total. The Bertz CT molecular complexity index is 1040. The van der Waals surface area contributed by atoms with Crippen molar-refractivity contribution in [1.82, 2.24) is 4.72 Å². The summed E-state index contributed by atoms with van der Waals surface area (Å²) in [6.45, 7) is 0.120. The van der Waals surface area contributed by atoms with Crippen LogP contribution in [0, 0.1) is 0 Å². The van der Waals surface area contributed by atoms with Gasteiger partial charge in [0.2, 0.25) is 0 Å². The van der Waals surface area contributed by atoms with E-state index < -0.39 is 28.5 Å². The molecule has 0 bridgehead atoms. The second-order valence-corrected chi connectivity index (χ2v) is 8.73. The van der Waals surface area contributed by atoms with Crippen LogP contribution in [0.5, 0.6) is 0 Å². The van der Waals surface area contributed by atoms with Gasteiger partial charge < -0.3 is 10.1 Å². The smallest absolute Gasteiger partial charge is 0.331 e. The van der Waals surface area contributed by atoms with E-state index in [1.54, 1.807) is 12.1 Å². The van der Waals surface area contributed by atoms with Gasteiger partial charge in [-0.2, -0.15) is 0 Å². The SMILES string of the molecule is O=C(COC(=O)/C=C/c1cccs1)Nc1cccc(S(=O)(=O)NC2=NCCC2)c1.